The van der Waals surface area contributed by atoms with Gasteiger partial charge in [0, 0.05) is 25.6 Å². The number of piperidine rings is 1. The number of aryl methyl sites for hydroxylation is 2. The number of likely N-dealkylation sites (tertiary alicyclic amines) is 1. The number of carbonyl (C=O) groups is 3. The van der Waals surface area contributed by atoms with Crippen molar-refractivity contribution in [2.24, 2.45) is 0 Å². The number of carbonyl (C=O) groups excluding carboxylic acids is 3. The van der Waals surface area contributed by atoms with Crippen LogP contribution in [0.15, 0.2) is 42.5 Å². The van der Waals surface area contributed by atoms with E-state index in [2.05, 4.69) is 34.9 Å². The van der Waals surface area contributed by atoms with E-state index in [0.717, 1.165) is 27.8 Å². The van der Waals surface area contributed by atoms with Gasteiger partial charge in [0.2, 0.25) is 11.8 Å². The van der Waals surface area contributed by atoms with Gasteiger partial charge in [-0.25, -0.2) is 4.79 Å². The van der Waals surface area contributed by atoms with Gasteiger partial charge >= 0.3 is 6.09 Å². The van der Waals surface area contributed by atoms with Crippen LogP contribution in [0.3, 0.4) is 0 Å². The molecule has 0 aromatic heterocycles. The van der Waals surface area contributed by atoms with Gasteiger partial charge in [0.15, 0.2) is 0 Å². The van der Waals surface area contributed by atoms with Crippen LogP contribution in [0.25, 0.3) is 0 Å². The summed E-state index contributed by atoms with van der Waals surface area (Å²) in [6.07, 6.45) is 0.543. The summed E-state index contributed by atoms with van der Waals surface area (Å²) >= 11 is 1.29. The summed E-state index contributed by atoms with van der Waals surface area (Å²) in [5.41, 5.74) is 2.86. The molecule has 5 N–H and O–H groups in total. The molecule has 2 aromatic carbocycles. The van der Waals surface area contributed by atoms with Crippen LogP contribution in [0.5, 0.6) is 0 Å². The number of thioether (sulfide) groups is 1. The van der Waals surface area contributed by atoms with Gasteiger partial charge in [-0.2, -0.15) is 0 Å². The number of rotatable bonds is 11. The van der Waals surface area contributed by atoms with Crippen molar-refractivity contribution in [3.8, 4) is 0 Å². The number of nitrogens with zero attached hydrogens (tertiary/aromatic N) is 1. The van der Waals surface area contributed by atoms with E-state index in [1.807, 2.05) is 45.9 Å². The fourth-order valence-electron chi connectivity index (χ4n) is 6.24. The summed E-state index contributed by atoms with van der Waals surface area (Å²) in [6.45, 7) is 11.9. The lowest BCUT2D eigenvalue weighted by molar-refractivity contribution is -0.200. The number of aliphatic hydroxyl groups is 3. The Morgan fingerprint density at radius 2 is 1.58 bits per heavy atom. The Kier molecular flexibility index (Phi) is 13.4. The third-order valence-electron chi connectivity index (χ3n) is 9.29. The Bertz CT molecular complexity index is 1470. The third-order valence-corrected chi connectivity index (χ3v) is 10.1. The monoisotopic (exact) mass is 713 g/mol. The minimum absolute atomic E-state index is 0.0799. The Morgan fingerprint density at radius 1 is 0.940 bits per heavy atom. The third kappa shape index (κ3) is 10.7. The molecule has 11 nitrogen and oxygen atoms in total. The average Bonchev–Trinajstić information content (AvgIpc) is 3.05. The van der Waals surface area contributed by atoms with Crippen LogP contribution in [0, 0.1) is 6.92 Å². The summed E-state index contributed by atoms with van der Waals surface area (Å²) < 4.78 is 11.4. The molecule has 2 aliphatic rings. The number of hydrogen-bond acceptors (Lipinski definition) is 9. The minimum Gasteiger partial charge on any atom is -0.444 e. The first-order chi connectivity index (χ1) is 23.5. The second-order valence-electron chi connectivity index (χ2n) is 15.1. The van der Waals surface area contributed by atoms with E-state index in [0.29, 0.717) is 45.2 Å². The second-order valence-corrected chi connectivity index (χ2v) is 16.0. The van der Waals surface area contributed by atoms with E-state index in [1.165, 1.54) is 11.8 Å². The molecule has 0 saturated carbocycles. The largest absolute Gasteiger partial charge is 0.444 e. The standard InChI is InChI=1S/C38H55N3O8S/c1-23-11-16-26(33-31(44)30(43)32(45)34(48-33)50-7)22-27(23)21-25-14-12-24(13-15-25)9-8-10-29(42)40-38(5,6)35(46)39-28-17-19-41(20-18-28)36(47)49-37(2,3)4/h11-16,22,28,30-34,43-45H,8-10,17-21H2,1-7H3,(H,39,46)(H,40,42)/t30-,31-,32+,33+,34-/m1/s1. The molecular weight excluding hydrogens is 658 g/mol. The van der Waals surface area contributed by atoms with Crippen molar-refractivity contribution < 1.29 is 39.2 Å². The molecule has 0 unspecified atom stereocenters. The molecule has 2 fully saturated rings. The van der Waals surface area contributed by atoms with Crippen LogP contribution in [0.2, 0.25) is 0 Å². The van der Waals surface area contributed by atoms with Crippen molar-refractivity contribution in [1.82, 2.24) is 15.5 Å². The maximum absolute atomic E-state index is 13.0. The van der Waals surface area contributed by atoms with Crippen LogP contribution in [0.4, 0.5) is 4.79 Å². The van der Waals surface area contributed by atoms with Crippen molar-refractivity contribution in [1.29, 1.82) is 0 Å². The van der Waals surface area contributed by atoms with Gasteiger partial charge in [-0.1, -0.05) is 42.5 Å². The molecule has 0 spiro atoms. The van der Waals surface area contributed by atoms with E-state index in [4.69, 9.17) is 9.47 Å². The molecule has 2 saturated heterocycles. The van der Waals surface area contributed by atoms with Crippen LogP contribution in [-0.2, 0) is 31.9 Å². The number of amides is 3. The summed E-state index contributed by atoms with van der Waals surface area (Å²) in [5, 5.41) is 37.2. The smallest absolute Gasteiger partial charge is 0.410 e. The van der Waals surface area contributed by atoms with Gasteiger partial charge in [0.05, 0.1) is 0 Å². The summed E-state index contributed by atoms with van der Waals surface area (Å²) in [6, 6.07) is 14.1. The molecule has 12 heteroatoms. The second kappa shape index (κ2) is 16.9. The Hall–Kier alpha value is -3.16. The van der Waals surface area contributed by atoms with Crippen molar-refractivity contribution in [3.63, 3.8) is 0 Å². The predicted molar refractivity (Wildman–Crippen MR) is 194 cm³/mol. The zero-order chi connectivity index (χ0) is 36.8. The molecule has 0 radical (unpaired) electrons. The zero-order valence-corrected chi connectivity index (χ0v) is 31.2. The lowest BCUT2D eigenvalue weighted by Gasteiger charge is -2.40. The first kappa shape index (κ1) is 39.6. The molecule has 0 bridgehead atoms. The zero-order valence-electron chi connectivity index (χ0n) is 30.4. The van der Waals surface area contributed by atoms with Gasteiger partial charge in [-0.15, -0.1) is 11.8 Å². The molecular formula is C38H55N3O8S. The Balaban J connectivity index is 1.22. The number of nitrogens with one attached hydrogen (secondary N) is 2. The highest BCUT2D eigenvalue weighted by Gasteiger charge is 2.44. The fourth-order valence-corrected chi connectivity index (χ4v) is 6.91. The molecule has 5 atom stereocenters. The quantitative estimate of drug-likeness (QED) is 0.231. The lowest BCUT2D eigenvalue weighted by Crippen LogP contribution is -2.58. The molecule has 50 heavy (non-hydrogen) atoms. The molecule has 276 valence electrons. The first-order valence-electron chi connectivity index (χ1n) is 17.5. The topological polar surface area (TPSA) is 158 Å². The highest BCUT2D eigenvalue weighted by molar-refractivity contribution is 7.99. The normalized spacial score (nSPS) is 23.3. The molecule has 2 aromatic rings. The lowest BCUT2D eigenvalue weighted by atomic mass is 9.91. The van der Waals surface area contributed by atoms with Gasteiger partial charge in [0.1, 0.15) is 41.0 Å². The van der Waals surface area contributed by atoms with Crippen molar-refractivity contribution in [2.75, 3.05) is 19.3 Å². The predicted octanol–water partition coefficient (Wildman–Crippen LogP) is 4.16. The van der Waals surface area contributed by atoms with Gasteiger partial charge < -0.3 is 40.3 Å². The molecule has 3 amide bonds. The number of hydrogen-bond donors (Lipinski definition) is 5. The van der Waals surface area contributed by atoms with E-state index in [9.17, 15) is 29.7 Å². The number of aliphatic hydroxyl groups excluding tert-OH is 3. The van der Waals surface area contributed by atoms with E-state index < -0.39 is 41.0 Å². The number of benzene rings is 2. The fraction of sp³-hybridized carbons (Fsp3) is 0.605. The Morgan fingerprint density at radius 3 is 2.20 bits per heavy atom. The van der Waals surface area contributed by atoms with Crippen LogP contribution >= 0.6 is 11.8 Å². The highest BCUT2D eigenvalue weighted by Crippen LogP contribution is 2.36. The van der Waals surface area contributed by atoms with Crippen molar-refractivity contribution in [3.05, 3.63) is 70.3 Å². The van der Waals surface area contributed by atoms with Gasteiger partial charge in [-0.3, -0.25) is 9.59 Å². The van der Waals surface area contributed by atoms with E-state index in [-0.39, 0.29) is 30.4 Å². The van der Waals surface area contributed by atoms with Crippen LogP contribution < -0.4 is 10.6 Å². The van der Waals surface area contributed by atoms with E-state index >= 15 is 0 Å². The SMILES string of the molecule is CS[C@H]1O[C@@H](c2ccc(C)c(Cc3ccc(CCCC(=O)NC(C)(C)C(=O)NC4CCN(C(=O)OC(C)(C)C)CC4)cc3)c2)[C@H](O)[C@@H](O)[C@@H]1O. The first-order valence-corrected chi connectivity index (χ1v) is 18.8. The maximum atomic E-state index is 13.0. The van der Waals surface area contributed by atoms with Crippen LogP contribution in [-0.4, -0.2) is 98.4 Å². The van der Waals surface area contributed by atoms with Gasteiger partial charge in [-0.05, 0) is 108 Å². The van der Waals surface area contributed by atoms with Crippen molar-refractivity contribution in [2.45, 2.75) is 127 Å². The molecule has 4 rings (SSSR count). The van der Waals surface area contributed by atoms with Crippen molar-refractivity contribution >= 4 is 29.7 Å². The van der Waals surface area contributed by atoms with Gasteiger partial charge in [0.25, 0.3) is 0 Å². The maximum Gasteiger partial charge on any atom is 0.410 e. The Labute approximate surface area is 300 Å². The molecule has 2 aliphatic heterocycles. The summed E-state index contributed by atoms with van der Waals surface area (Å²) in [5.74, 6) is -0.435. The molecule has 0 aliphatic carbocycles. The minimum atomic E-state index is -1.30. The number of ether oxygens (including phenoxy) is 2. The summed E-state index contributed by atoms with van der Waals surface area (Å²) in [4.78, 5) is 39.8. The summed E-state index contributed by atoms with van der Waals surface area (Å²) in [7, 11) is 0. The average molecular weight is 714 g/mol. The van der Waals surface area contributed by atoms with Crippen LogP contribution in [0.1, 0.15) is 94.2 Å². The highest BCUT2D eigenvalue weighted by atomic mass is 32.2. The molecule has 2 heterocycles. The van der Waals surface area contributed by atoms with E-state index in [1.54, 1.807) is 25.0 Å².